The van der Waals surface area contributed by atoms with Crippen LogP contribution in [0.15, 0.2) is 30.3 Å². The van der Waals surface area contributed by atoms with E-state index in [0.29, 0.717) is 13.2 Å². The number of hydrogen-bond donors (Lipinski definition) is 1. The fraction of sp³-hybridized carbons (Fsp3) is 0.500. The molecule has 0 aliphatic carbocycles. The van der Waals surface area contributed by atoms with Crippen molar-refractivity contribution in [1.82, 2.24) is 15.1 Å². The van der Waals surface area contributed by atoms with E-state index < -0.39 is 29.4 Å². The maximum Gasteiger partial charge on any atom is 0.331 e. The van der Waals surface area contributed by atoms with Gasteiger partial charge in [0.2, 0.25) is 0 Å². The smallest absolute Gasteiger partial charge is 0.331 e. The van der Waals surface area contributed by atoms with Crippen LogP contribution in [-0.4, -0.2) is 72.5 Å². The summed E-state index contributed by atoms with van der Waals surface area (Å²) in [5.74, 6) is -2.32. The second kappa shape index (κ2) is 10.0. The van der Waals surface area contributed by atoms with Gasteiger partial charge in [-0.25, -0.2) is 9.59 Å². The molecule has 29 heavy (non-hydrogen) atoms. The number of nitrogens with zero attached hydrogens (tertiary/aromatic N) is 2. The summed E-state index contributed by atoms with van der Waals surface area (Å²) in [6, 6.07) is 8.72. The molecule has 1 fully saturated rings. The van der Waals surface area contributed by atoms with E-state index in [2.05, 4.69) is 5.32 Å². The Kier molecular flexibility index (Phi) is 7.72. The molecule has 1 N–H and O–H groups in total. The molecule has 0 radical (unpaired) electrons. The topological polar surface area (TPSA) is 105 Å². The number of piperazine rings is 1. The fourth-order valence-electron chi connectivity index (χ4n) is 2.95. The number of carbonyl (C=O) groups excluding carboxylic acids is 4. The van der Waals surface area contributed by atoms with Gasteiger partial charge in [0.05, 0.1) is 13.7 Å². The minimum absolute atomic E-state index is 0.0615. The van der Waals surface area contributed by atoms with Crippen LogP contribution >= 0.6 is 0 Å². The Balaban J connectivity index is 1.97. The predicted octanol–water partition coefficient (Wildman–Crippen LogP) is 0.925. The van der Waals surface area contributed by atoms with E-state index in [0.717, 1.165) is 10.5 Å². The molecule has 1 saturated heterocycles. The summed E-state index contributed by atoms with van der Waals surface area (Å²) in [6.07, 6.45) is 0.134. The van der Waals surface area contributed by atoms with Crippen LogP contribution in [0.25, 0.3) is 0 Å². The molecule has 1 aromatic carbocycles. The second-order valence-corrected chi connectivity index (χ2v) is 6.88. The summed E-state index contributed by atoms with van der Waals surface area (Å²) in [7, 11) is 1.21. The first-order valence-electron chi connectivity index (χ1n) is 9.45. The average molecular weight is 405 g/mol. The van der Waals surface area contributed by atoms with E-state index in [9.17, 15) is 19.2 Å². The van der Waals surface area contributed by atoms with Crippen LogP contribution in [0.4, 0.5) is 4.79 Å². The Labute approximate surface area is 169 Å². The van der Waals surface area contributed by atoms with Crippen LogP contribution in [0.1, 0.15) is 25.8 Å². The minimum atomic E-state index is -1.41. The van der Waals surface area contributed by atoms with Crippen molar-refractivity contribution in [1.29, 1.82) is 0 Å². The lowest BCUT2D eigenvalue weighted by atomic mass is 9.98. The highest BCUT2D eigenvalue weighted by Gasteiger charge is 2.41. The van der Waals surface area contributed by atoms with Gasteiger partial charge in [0.25, 0.3) is 0 Å². The van der Waals surface area contributed by atoms with Gasteiger partial charge in [-0.3, -0.25) is 14.5 Å². The number of nitrogens with one attached hydrogen (secondary N) is 1. The SMILES string of the molecule is CCN1CCN(C(=O)NC(C)(CCOCc2ccccc2)C(=O)OC)C(=O)C1=O. The normalized spacial score (nSPS) is 16.4. The number of amides is 4. The van der Waals surface area contributed by atoms with E-state index >= 15 is 0 Å². The third-order valence-corrected chi connectivity index (χ3v) is 4.81. The summed E-state index contributed by atoms with van der Waals surface area (Å²) in [6.45, 7) is 4.49. The summed E-state index contributed by atoms with van der Waals surface area (Å²) in [5, 5.41) is 2.54. The quantitative estimate of drug-likeness (QED) is 0.392. The van der Waals surface area contributed by atoms with Crippen LogP contribution in [0.3, 0.4) is 0 Å². The van der Waals surface area contributed by atoms with Gasteiger partial charge in [-0.1, -0.05) is 30.3 Å². The van der Waals surface area contributed by atoms with Crippen LogP contribution in [0.2, 0.25) is 0 Å². The predicted molar refractivity (Wildman–Crippen MR) is 104 cm³/mol. The highest BCUT2D eigenvalue weighted by molar-refractivity contribution is 6.38. The van der Waals surface area contributed by atoms with Gasteiger partial charge in [0, 0.05) is 32.7 Å². The van der Waals surface area contributed by atoms with Crippen molar-refractivity contribution in [2.75, 3.05) is 33.4 Å². The monoisotopic (exact) mass is 405 g/mol. The third kappa shape index (κ3) is 5.54. The van der Waals surface area contributed by atoms with Gasteiger partial charge in [-0.15, -0.1) is 0 Å². The van der Waals surface area contributed by atoms with E-state index in [1.54, 1.807) is 6.92 Å². The first-order valence-corrected chi connectivity index (χ1v) is 9.45. The molecule has 4 amide bonds. The van der Waals surface area contributed by atoms with Crippen molar-refractivity contribution < 1.29 is 28.7 Å². The maximum atomic E-state index is 12.6. The molecule has 1 unspecified atom stereocenters. The molecule has 1 aliphatic heterocycles. The van der Waals surface area contributed by atoms with Crippen molar-refractivity contribution >= 4 is 23.8 Å². The molecule has 2 rings (SSSR count). The third-order valence-electron chi connectivity index (χ3n) is 4.81. The molecule has 158 valence electrons. The van der Waals surface area contributed by atoms with Crippen molar-refractivity contribution in [3.8, 4) is 0 Å². The molecule has 9 heteroatoms. The molecule has 0 bridgehead atoms. The lowest BCUT2D eigenvalue weighted by Crippen LogP contribution is -2.62. The van der Waals surface area contributed by atoms with E-state index in [1.165, 1.54) is 18.9 Å². The van der Waals surface area contributed by atoms with Gasteiger partial charge >= 0.3 is 23.8 Å². The Hall–Kier alpha value is -2.94. The van der Waals surface area contributed by atoms with Crippen molar-refractivity contribution in [3.05, 3.63) is 35.9 Å². The molecular weight excluding hydrogens is 378 g/mol. The first-order chi connectivity index (χ1) is 13.8. The molecule has 1 aliphatic rings. The number of likely N-dealkylation sites (N-methyl/N-ethyl adjacent to an activating group) is 1. The van der Waals surface area contributed by atoms with Crippen molar-refractivity contribution in [2.24, 2.45) is 0 Å². The number of ether oxygens (including phenoxy) is 2. The van der Waals surface area contributed by atoms with Gasteiger partial charge < -0.3 is 19.7 Å². The lowest BCUT2D eigenvalue weighted by Gasteiger charge is -2.35. The highest BCUT2D eigenvalue weighted by Crippen LogP contribution is 2.15. The molecule has 0 saturated carbocycles. The number of methoxy groups -OCH3 is 1. The summed E-state index contributed by atoms with van der Waals surface area (Å²) in [5.41, 5.74) is -0.428. The maximum absolute atomic E-state index is 12.6. The van der Waals surface area contributed by atoms with E-state index in [4.69, 9.17) is 9.47 Å². The van der Waals surface area contributed by atoms with Gasteiger partial charge in [-0.2, -0.15) is 0 Å². The Morgan fingerprint density at radius 2 is 1.83 bits per heavy atom. The number of urea groups is 1. The molecule has 1 heterocycles. The number of esters is 1. The van der Waals surface area contributed by atoms with Crippen molar-refractivity contribution in [3.63, 3.8) is 0 Å². The molecule has 1 aromatic rings. The number of benzene rings is 1. The summed E-state index contributed by atoms with van der Waals surface area (Å²) in [4.78, 5) is 51.3. The Morgan fingerprint density at radius 1 is 1.14 bits per heavy atom. The summed E-state index contributed by atoms with van der Waals surface area (Å²) < 4.78 is 10.4. The zero-order chi connectivity index (χ0) is 21.4. The zero-order valence-corrected chi connectivity index (χ0v) is 17.0. The second-order valence-electron chi connectivity index (χ2n) is 6.88. The van der Waals surface area contributed by atoms with E-state index in [1.807, 2.05) is 30.3 Å². The summed E-state index contributed by atoms with van der Waals surface area (Å²) >= 11 is 0. The van der Waals surface area contributed by atoms with Gasteiger partial charge in [0.15, 0.2) is 0 Å². The number of hydrogen-bond acceptors (Lipinski definition) is 6. The molecular formula is C20H27N3O6. The van der Waals surface area contributed by atoms with Crippen LogP contribution < -0.4 is 5.32 Å². The standard InChI is InChI=1S/C20H27N3O6/c1-4-22-11-12-23(17(25)16(22)24)19(27)21-20(2,18(26)28-3)10-13-29-14-15-8-6-5-7-9-15/h5-9H,4,10-14H2,1-3H3,(H,21,27). The molecule has 0 spiro atoms. The van der Waals surface area contributed by atoms with Gasteiger partial charge in [-0.05, 0) is 19.4 Å². The number of imide groups is 1. The number of rotatable bonds is 8. The zero-order valence-electron chi connectivity index (χ0n) is 17.0. The highest BCUT2D eigenvalue weighted by atomic mass is 16.5. The van der Waals surface area contributed by atoms with Crippen molar-refractivity contribution in [2.45, 2.75) is 32.4 Å². The van der Waals surface area contributed by atoms with Crippen LogP contribution in [0, 0.1) is 0 Å². The fourth-order valence-corrected chi connectivity index (χ4v) is 2.95. The first kappa shape index (κ1) is 22.4. The molecule has 9 nitrogen and oxygen atoms in total. The van der Waals surface area contributed by atoms with Crippen LogP contribution in [0.5, 0.6) is 0 Å². The minimum Gasteiger partial charge on any atom is -0.467 e. The molecule has 1 atom stereocenters. The number of carbonyl (C=O) groups is 4. The Bertz CT molecular complexity index is 754. The average Bonchev–Trinajstić information content (AvgIpc) is 2.73. The van der Waals surface area contributed by atoms with Gasteiger partial charge in [0.1, 0.15) is 5.54 Å². The lowest BCUT2D eigenvalue weighted by molar-refractivity contribution is -0.154. The molecule has 0 aromatic heterocycles. The Morgan fingerprint density at radius 3 is 2.45 bits per heavy atom. The largest absolute Gasteiger partial charge is 0.467 e. The van der Waals surface area contributed by atoms with E-state index in [-0.39, 0.29) is 26.1 Å². The van der Waals surface area contributed by atoms with Crippen LogP contribution in [-0.2, 0) is 30.5 Å².